The molecule has 0 radical (unpaired) electrons. The van der Waals surface area contributed by atoms with E-state index in [-0.39, 0.29) is 0 Å². The minimum Gasteiger partial charge on any atom is -0.493 e. The summed E-state index contributed by atoms with van der Waals surface area (Å²) in [4.78, 5) is 4.35. The van der Waals surface area contributed by atoms with Gasteiger partial charge in [-0.05, 0) is 32.2 Å². The first kappa shape index (κ1) is 13.3. The van der Waals surface area contributed by atoms with Gasteiger partial charge in [-0.1, -0.05) is 19.8 Å². The fourth-order valence-corrected chi connectivity index (χ4v) is 1.97. The monoisotopic (exact) mass is 248 g/mol. The Morgan fingerprint density at radius 1 is 1.44 bits per heavy atom. The third-order valence-corrected chi connectivity index (χ3v) is 3.30. The second kappa shape index (κ2) is 6.74. The molecular formula is C15H24N2O. The Labute approximate surface area is 110 Å². The number of nitrogens with zero attached hydrogens (tertiary/aromatic N) is 1. The molecule has 0 atom stereocenters. The predicted octanol–water partition coefficient (Wildman–Crippen LogP) is 3.07. The SMILES string of the molecule is CCCNCc1cnc(C)cc1OCCC1CC1. The van der Waals surface area contributed by atoms with Crippen LogP contribution < -0.4 is 10.1 Å². The highest BCUT2D eigenvalue weighted by molar-refractivity contribution is 5.32. The molecule has 3 nitrogen and oxygen atoms in total. The molecule has 0 bridgehead atoms. The third kappa shape index (κ3) is 4.30. The second-order valence-electron chi connectivity index (χ2n) is 5.19. The van der Waals surface area contributed by atoms with E-state index in [2.05, 4.69) is 23.3 Å². The molecule has 0 aromatic carbocycles. The topological polar surface area (TPSA) is 34.2 Å². The molecule has 0 unspecified atom stereocenters. The summed E-state index contributed by atoms with van der Waals surface area (Å²) in [5.74, 6) is 1.93. The quantitative estimate of drug-likeness (QED) is 0.718. The molecule has 2 rings (SSSR count). The van der Waals surface area contributed by atoms with Crippen LogP contribution in [0.2, 0.25) is 0 Å². The Morgan fingerprint density at radius 2 is 2.28 bits per heavy atom. The van der Waals surface area contributed by atoms with Crippen LogP contribution in [0.4, 0.5) is 0 Å². The molecule has 1 saturated carbocycles. The Morgan fingerprint density at radius 3 is 3.00 bits per heavy atom. The summed E-state index contributed by atoms with van der Waals surface area (Å²) in [6, 6.07) is 2.05. The Hall–Kier alpha value is -1.09. The zero-order valence-electron chi connectivity index (χ0n) is 11.5. The molecule has 100 valence electrons. The van der Waals surface area contributed by atoms with Crippen LogP contribution in [-0.2, 0) is 6.54 Å². The van der Waals surface area contributed by atoms with Crippen molar-refractivity contribution < 1.29 is 4.74 Å². The first-order valence-electron chi connectivity index (χ1n) is 7.08. The van der Waals surface area contributed by atoms with E-state index in [9.17, 15) is 0 Å². The predicted molar refractivity (Wildman–Crippen MR) is 73.8 cm³/mol. The van der Waals surface area contributed by atoms with Gasteiger partial charge in [0.25, 0.3) is 0 Å². The Balaban J connectivity index is 1.88. The summed E-state index contributed by atoms with van der Waals surface area (Å²) < 4.78 is 5.92. The highest BCUT2D eigenvalue weighted by Crippen LogP contribution is 2.32. The summed E-state index contributed by atoms with van der Waals surface area (Å²) in [6.07, 6.45) is 7.07. The van der Waals surface area contributed by atoms with Crippen LogP contribution in [0.3, 0.4) is 0 Å². The highest BCUT2D eigenvalue weighted by Gasteiger charge is 2.20. The van der Waals surface area contributed by atoms with Crippen LogP contribution in [0.25, 0.3) is 0 Å². The number of hydrogen-bond acceptors (Lipinski definition) is 3. The number of aromatic nitrogens is 1. The molecule has 1 aromatic heterocycles. The van der Waals surface area contributed by atoms with Crippen LogP contribution in [0.15, 0.2) is 12.3 Å². The van der Waals surface area contributed by atoms with E-state index in [0.29, 0.717) is 0 Å². The number of ether oxygens (including phenoxy) is 1. The van der Waals surface area contributed by atoms with Gasteiger partial charge in [-0.2, -0.15) is 0 Å². The largest absolute Gasteiger partial charge is 0.493 e. The average Bonchev–Trinajstić information content (AvgIpc) is 3.16. The summed E-state index contributed by atoms with van der Waals surface area (Å²) in [5.41, 5.74) is 2.19. The van der Waals surface area contributed by atoms with Crippen molar-refractivity contribution in [3.8, 4) is 5.75 Å². The third-order valence-electron chi connectivity index (χ3n) is 3.30. The molecule has 3 heteroatoms. The fourth-order valence-electron chi connectivity index (χ4n) is 1.97. The number of nitrogens with one attached hydrogen (secondary N) is 1. The van der Waals surface area contributed by atoms with Gasteiger partial charge in [0.1, 0.15) is 5.75 Å². The van der Waals surface area contributed by atoms with E-state index in [1.807, 2.05) is 13.1 Å². The smallest absolute Gasteiger partial charge is 0.127 e. The lowest BCUT2D eigenvalue weighted by Crippen LogP contribution is -2.15. The maximum Gasteiger partial charge on any atom is 0.127 e. The van der Waals surface area contributed by atoms with Crippen molar-refractivity contribution in [2.24, 2.45) is 5.92 Å². The molecule has 0 saturated heterocycles. The van der Waals surface area contributed by atoms with Crippen LogP contribution in [0.1, 0.15) is 43.9 Å². The van der Waals surface area contributed by atoms with Crippen molar-refractivity contribution in [1.82, 2.24) is 10.3 Å². The van der Waals surface area contributed by atoms with Gasteiger partial charge >= 0.3 is 0 Å². The molecule has 1 N–H and O–H groups in total. The van der Waals surface area contributed by atoms with Crippen molar-refractivity contribution in [3.05, 3.63) is 23.5 Å². The summed E-state index contributed by atoms with van der Waals surface area (Å²) in [6.45, 7) is 6.91. The van der Waals surface area contributed by atoms with Gasteiger partial charge in [0, 0.05) is 30.1 Å². The van der Waals surface area contributed by atoms with Crippen LogP contribution in [0, 0.1) is 12.8 Å². The van der Waals surface area contributed by atoms with Gasteiger partial charge in [-0.3, -0.25) is 4.98 Å². The fraction of sp³-hybridized carbons (Fsp3) is 0.667. The number of hydrogen-bond donors (Lipinski definition) is 1. The average molecular weight is 248 g/mol. The number of pyridine rings is 1. The first-order valence-corrected chi connectivity index (χ1v) is 7.08. The van der Waals surface area contributed by atoms with Crippen molar-refractivity contribution in [2.75, 3.05) is 13.2 Å². The van der Waals surface area contributed by atoms with E-state index in [1.54, 1.807) is 0 Å². The van der Waals surface area contributed by atoms with Gasteiger partial charge < -0.3 is 10.1 Å². The maximum atomic E-state index is 5.92. The molecule has 0 spiro atoms. The van der Waals surface area contributed by atoms with Crippen molar-refractivity contribution in [1.29, 1.82) is 0 Å². The normalized spacial score (nSPS) is 14.8. The van der Waals surface area contributed by atoms with E-state index < -0.39 is 0 Å². The lowest BCUT2D eigenvalue weighted by Gasteiger charge is -2.12. The van der Waals surface area contributed by atoms with E-state index >= 15 is 0 Å². The molecule has 1 aliphatic rings. The molecule has 1 aromatic rings. The lowest BCUT2D eigenvalue weighted by atomic mass is 10.2. The zero-order valence-corrected chi connectivity index (χ0v) is 11.5. The zero-order chi connectivity index (χ0) is 12.8. The van der Waals surface area contributed by atoms with Gasteiger partial charge in [0.05, 0.1) is 6.61 Å². The van der Waals surface area contributed by atoms with Crippen molar-refractivity contribution in [3.63, 3.8) is 0 Å². The van der Waals surface area contributed by atoms with Gasteiger partial charge in [-0.15, -0.1) is 0 Å². The van der Waals surface area contributed by atoms with Crippen LogP contribution in [0.5, 0.6) is 5.75 Å². The standard InChI is InChI=1S/C15H24N2O/c1-3-7-16-10-14-11-17-12(2)9-15(14)18-8-6-13-4-5-13/h9,11,13,16H,3-8,10H2,1-2H3. The molecular weight excluding hydrogens is 224 g/mol. The second-order valence-corrected chi connectivity index (χ2v) is 5.19. The van der Waals surface area contributed by atoms with Crippen LogP contribution in [-0.4, -0.2) is 18.1 Å². The minimum absolute atomic E-state index is 0.842. The van der Waals surface area contributed by atoms with E-state index in [1.165, 1.54) is 24.8 Å². The van der Waals surface area contributed by atoms with Gasteiger partial charge in [0.15, 0.2) is 0 Å². The van der Waals surface area contributed by atoms with Crippen LogP contribution >= 0.6 is 0 Å². The lowest BCUT2D eigenvalue weighted by molar-refractivity contribution is 0.298. The molecule has 1 heterocycles. The first-order chi connectivity index (χ1) is 8.79. The minimum atomic E-state index is 0.842. The molecule has 18 heavy (non-hydrogen) atoms. The molecule has 0 amide bonds. The highest BCUT2D eigenvalue weighted by atomic mass is 16.5. The van der Waals surface area contributed by atoms with Crippen molar-refractivity contribution >= 4 is 0 Å². The van der Waals surface area contributed by atoms with E-state index in [4.69, 9.17) is 4.74 Å². The molecule has 1 aliphatic carbocycles. The van der Waals surface area contributed by atoms with Gasteiger partial charge in [0.2, 0.25) is 0 Å². The van der Waals surface area contributed by atoms with Crippen molar-refractivity contribution in [2.45, 2.75) is 46.1 Å². The summed E-state index contributed by atoms with van der Waals surface area (Å²) >= 11 is 0. The summed E-state index contributed by atoms with van der Waals surface area (Å²) in [7, 11) is 0. The maximum absolute atomic E-state index is 5.92. The molecule has 0 aliphatic heterocycles. The number of rotatable bonds is 8. The van der Waals surface area contributed by atoms with Gasteiger partial charge in [-0.25, -0.2) is 0 Å². The Kier molecular flexibility index (Phi) is 5.00. The number of aryl methyl sites for hydroxylation is 1. The molecule has 1 fully saturated rings. The Bertz CT molecular complexity index is 375. The summed E-state index contributed by atoms with van der Waals surface area (Å²) in [5, 5.41) is 3.40. The van der Waals surface area contributed by atoms with E-state index in [0.717, 1.165) is 43.5 Å².